The van der Waals surface area contributed by atoms with Gasteiger partial charge in [-0.05, 0) is 24.6 Å². The zero-order valence-corrected chi connectivity index (χ0v) is 12.6. The third kappa shape index (κ3) is 2.88. The standard InChI is InChI=1S/C12H15ClN4O2S/c1-3-11-15-6-12(16-11)20(18,19)17-10-5-8(13)9(14)4-7(10)2/h4-6,17H,3,14H2,1-2H3,(H,15,16). The van der Waals surface area contributed by atoms with Crippen LogP contribution in [-0.4, -0.2) is 18.4 Å². The zero-order valence-electron chi connectivity index (χ0n) is 11.1. The molecule has 20 heavy (non-hydrogen) atoms. The number of nitrogens with zero attached hydrogens (tertiary/aromatic N) is 1. The number of aryl methyl sites for hydroxylation is 2. The van der Waals surface area contributed by atoms with Crippen LogP contribution in [0.5, 0.6) is 0 Å². The molecule has 0 aliphatic rings. The largest absolute Gasteiger partial charge is 0.398 e. The van der Waals surface area contributed by atoms with E-state index in [9.17, 15) is 8.42 Å². The molecule has 0 aliphatic heterocycles. The molecule has 4 N–H and O–H groups in total. The van der Waals surface area contributed by atoms with E-state index in [-0.39, 0.29) is 5.03 Å². The van der Waals surface area contributed by atoms with Gasteiger partial charge in [-0.15, -0.1) is 0 Å². The molecule has 0 bridgehead atoms. The Morgan fingerprint density at radius 3 is 2.75 bits per heavy atom. The number of hydrogen-bond donors (Lipinski definition) is 3. The van der Waals surface area contributed by atoms with E-state index >= 15 is 0 Å². The number of sulfonamides is 1. The number of nitrogens with one attached hydrogen (secondary N) is 2. The first-order chi connectivity index (χ1) is 9.33. The molecule has 0 spiro atoms. The van der Waals surface area contributed by atoms with Gasteiger partial charge in [0.1, 0.15) is 5.82 Å². The number of rotatable bonds is 4. The summed E-state index contributed by atoms with van der Waals surface area (Å²) in [4.78, 5) is 6.73. The first-order valence-corrected chi connectivity index (χ1v) is 7.82. The lowest BCUT2D eigenvalue weighted by Gasteiger charge is -2.11. The monoisotopic (exact) mass is 314 g/mol. The Bertz CT molecular complexity index is 740. The lowest BCUT2D eigenvalue weighted by molar-refractivity contribution is 0.598. The number of aromatic nitrogens is 2. The van der Waals surface area contributed by atoms with Gasteiger partial charge < -0.3 is 10.7 Å². The summed E-state index contributed by atoms with van der Waals surface area (Å²) in [5.41, 5.74) is 7.14. The van der Waals surface area contributed by atoms with E-state index in [1.807, 2.05) is 6.92 Å². The quantitative estimate of drug-likeness (QED) is 0.754. The predicted octanol–water partition coefficient (Wildman–Crippen LogP) is 2.32. The number of H-pyrrole nitrogens is 1. The van der Waals surface area contributed by atoms with E-state index in [4.69, 9.17) is 17.3 Å². The number of aromatic amines is 1. The van der Waals surface area contributed by atoms with E-state index in [0.717, 1.165) is 0 Å². The molecular weight excluding hydrogens is 300 g/mol. The fourth-order valence-corrected chi connectivity index (χ4v) is 2.90. The number of anilines is 2. The Hall–Kier alpha value is -1.73. The maximum Gasteiger partial charge on any atom is 0.278 e. The molecule has 0 fully saturated rings. The third-order valence-corrected chi connectivity index (χ3v) is 4.42. The molecule has 0 aliphatic carbocycles. The van der Waals surface area contributed by atoms with Crippen molar-refractivity contribution < 1.29 is 8.42 Å². The Balaban J connectivity index is 2.35. The van der Waals surface area contributed by atoms with Crippen molar-refractivity contribution in [2.45, 2.75) is 25.3 Å². The fourth-order valence-electron chi connectivity index (χ4n) is 1.67. The fraction of sp³-hybridized carbons (Fsp3) is 0.250. The Morgan fingerprint density at radius 1 is 1.45 bits per heavy atom. The van der Waals surface area contributed by atoms with Crippen molar-refractivity contribution in [1.29, 1.82) is 0 Å². The molecule has 0 saturated carbocycles. The van der Waals surface area contributed by atoms with Gasteiger partial charge >= 0.3 is 0 Å². The molecule has 0 amide bonds. The zero-order chi connectivity index (χ0) is 14.9. The average molecular weight is 315 g/mol. The molecule has 6 nitrogen and oxygen atoms in total. The van der Waals surface area contributed by atoms with Crippen LogP contribution in [0.3, 0.4) is 0 Å². The number of nitrogens with two attached hydrogens (primary N) is 1. The average Bonchev–Trinajstić information content (AvgIpc) is 2.85. The van der Waals surface area contributed by atoms with Gasteiger partial charge in [0, 0.05) is 6.42 Å². The molecule has 0 radical (unpaired) electrons. The number of hydrogen-bond acceptors (Lipinski definition) is 4. The number of halogens is 1. The third-order valence-electron chi connectivity index (χ3n) is 2.82. The normalized spacial score (nSPS) is 11.6. The van der Waals surface area contributed by atoms with Crippen molar-refractivity contribution >= 4 is 33.0 Å². The van der Waals surface area contributed by atoms with Gasteiger partial charge in [0.15, 0.2) is 5.03 Å². The summed E-state index contributed by atoms with van der Waals surface area (Å²) in [5.74, 6) is 0.609. The highest BCUT2D eigenvalue weighted by atomic mass is 35.5. The van der Waals surface area contributed by atoms with Crippen molar-refractivity contribution in [2.24, 2.45) is 0 Å². The summed E-state index contributed by atoms with van der Waals surface area (Å²) in [5, 5.41) is 0.314. The topological polar surface area (TPSA) is 101 Å². The maximum absolute atomic E-state index is 12.2. The van der Waals surface area contributed by atoms with Crippen LogP contribution in [0.2, 0.25) is 5.02 Å². The molecule has 108 valence electrons. The smallest absolute Gasteiger partial charge is 0.278 e. The van der Waals surface area contributed by atoms with Gasteiger partial charge in [-0.3, -0.25) is 4.72 Å². The predicted molar refractivity (Wildman–Crippen MR) is 79.4 cm³/mol. The molecule has 8 heteroatoms. The van der Waals surface area contributed by atoms with Crippen molar-refractivity contribution in [1.82, 2.24) is 9.97 Å². The Morgan fingerprint density at radius 2 is 2.15 bits per heavy atom. The minimum absolute atomic E-state index is 0.0155. The molecule has 0 saturated heterocycles. The Labute approximate surface area is 122 Å². The maximum atomic E-state index is 12.2. The second-order valence-corrected chi connectivity index (χ2v) is 6.40. The molecule has 0 atom stereocenters. The highest BCUT2D eigenvalue weighted by Gasteiger charge is 2.18. The summed E-state index contributed by atoms with van der Waals surface area (Å²) in [6, 6.07) is 3.10. The molecule has 1 aromatic carbocycles. The highest BCUT2D eigenvalue weighted by Crippen LogP contribution is 2.28. The lowest BCUT2D eigenvalue weighted by Crippen LogP contribution is -2.14. The van der Waals surface area contributed by atoms with Crippen LogP contribution in [0.25, 0.3) is 0 Å². The van der Waals surface area contributed by atoms with Crippen LogP contribution in [-0.2, 0) is 16.4 Å². The van der Waals surface area contributed by atoms with Crippen LogP contribution >= 0.6 is 11.6 Å². The number of imidazole rings is 1. The molecule has 1 heterocycles. The SMILES string of the molecule is CCc1ncc(S(=O)(=O)Nc2cc(Cl)c(N)cc2C)[nH]1. The van der Waals surface area contributed by atoms with Crippen LogP contribution < -0.4 is 10.5 Å². The minimum atomic E-state index is -3.72. The molecule has 2 aromatic rings. The van der Waals surface area contributed by atoms with Crippen LogP contribution in [0, 0.1) is 6.92 Å². The van der Waals surface area contributed by atoms with Crippen molar-refractivity contribution in [3.63, 3.8) is 0 Å². The summed E-state index contributed by atoms with van der Waals surface area (Å²) >= 11 is 5.91. The van der Waals surface area contributed by atoms with Gasteiger partial charge in [0.2, 0.25) is 0 Å². The lowest BCUT2D eigenvalue weighted by atomic mass is 10.2. The van der Waals surface area contributed by atoms with E-state index in [2.05, 4.69) is 14.7 Å². The number of benzene rings is 1. The molecule has 1 aromatic heterocycles. The van der Waals surface area contributed by atoms with Crippen molar-refractivity contribution in [3.05, 3.63) is 34.7 Å². The summed E-state index contributed by atoms with van der Waals surface area (Å²) in [6.07, 6.45) is 1.91. The summed E-state index contributed by atoms with van der Waals surface area (Å²) in [7, 11) is -3.72. The van der Waals surface area contributed by atoms with Crippen molar-refractivity contribution in [2.75, 3.05) is 10.5 Å². The highest BCUT2D eigenvalue weighted by molar-refractivity contribution is 7.92. The summed E-state index contributed by atoms with van der Waals surface area (Å²) in [6.45, 7) is 3.63. The van der Waals surface area contributed by atoms with E-state index in [1.54, 1.807) is 13.0 Å². The first kappa shape index (κ1) is 14.7. The minimum Gasteiger partial charge on any atom is -0.398 e. The summed E-state index contributed by atoms with van der Waals surface area (Å²) < 4.78 is 26.9. The van der Waals surface area contributed by atoms with Crippen LogP contribution in [0.1, 0.15) is 18.3 Å². The number of nitrogen functional groups attached to an aromatic ring is 1. The van der Waals surface area contributed by atoms with E-state index < -0.39 is 10.0 Å². The molecule has 0 unspecified atom stereocenters. The second-order valence-electron chi connectivity index (χ2n) is 4.34. The van der Waals surface area contributed by atoms with E-state index in [1.165, 1.54) is 12.3 Å². The molecule has 2 rings (SSSR count). The second kappa shape index (κ2) is 5.34. The first-order valence-electron chi connectivity index (χ1n) is 5.96. The van der Waals surface area contributed by atoms with Crippen molar-refractivity contribution in [3.8, 4) is 0 Å². The molecular formula is C12H15ClN4O2S. The Kier molecular flexibility index (Phi) is 3.92. The van der Waals surface area contributed by atoms with Gasteiger partial charge in [-0.25, -0.2) is 4.98 Å². The van der Waals surface area contributed by atoms with Gasteiger partial charge in [0.25, 0.3) is 10.0 Å². The van der Waals surface area contributed by atoms with Crippen LogP contribution in [0.4, 0.5) is 11.4 Å². The van der Waals surface area contributed by atoms with Gasteiger partial charge in [-0.2, -0.15) is 8.42 Å². The van der Waals surface area contributed by atoms with E-state index in [0.29, 0.717) is 34.2 Å². The van der Waals surface area contributed by atoms with Crippen LogP contribution in [0.15, 0.2) is 23.4 Å². The van der Waals surface area contributed by atoms with Gasteiger partial charge in [-0.1, -0.05) is 18.5 Å². The van der Waals surface area contributed by atoms with Gasteiger partial charge in [0.05, 0.1) is 22.6 Å².